The van der Waals surface area contributed by atoms with Gasteiger partial charge >= 0.3 is 11.9 Å². The zero-order valence-electron chi connectivity index (χ0n) is 22.2. The first kappa shape index (κ1) is 26.9. The van der Waals surface area contributed by atoms with Crippen molar-refractivity contribution in [2.24, 2.45) is 0 Å². The zero-order chi connectivity index (χ0) is 26.5. The first-order valence-corrected chi connectivity index (χ1v) is 12.4. The van der Waals surface area contributed by atoms with Crippen LogP contribution in [0, 0.1) is 0 Å². The molecule has 0 radical (unpaired) electrons. The van der Waals surface area contributed by atoms with E-state index in [2.05, 4.69) is 13.5 Å². The Labute approximate surface area is 214 Å². The number of carbonyl (C=O) groups excluding carboxylic acids is 2. The fourth-order valence-corrected chi connectivity index (χ4v) is 4.01. The molecule has 0 N–H and O–H groups in total. The number of hydrogen-bond acceptors (Lipinski definition) is 5. The summed E-state index contributed by atoms with van der Waals surface area (Å²) in [6.45, 7) is 16.1. The Balaban J connectivity index is 1.97. The lowest BCUT2D eigenvalue weighted by Crippen LogP contribution is -2.24. The van der Waals surface area contributed by atoms with Crippen LogP contribution < -0.4 is 0 Å². The summed E-state index contributed by atoms with van der Waals surface area (Å²) in [5.74, 6) is 0.0855. The molecule has 1 heterocycles. The van der Waals surface area contributed by atoms with E-state index >= 15 is 0 Å². The van der Waals surface area contributed by atoms with Gasteiger partial charge in [-0.15, -0.1) is 0 Å². The fraction of sp³-hybridized carbons (Fsp3) is 0.367. The van der Waals surface area contributed by atoms with E-state index in [0.717, 1.165) is 40.9 Å². The van der Waals surface area contributed by atoms with Crippen LogP contribution in [-0.2, 0) is 22.4 Å². The minimum absolute atomic E-state index is 0.286. The fourth-order valence-electron chi connectivity index (χ4n) is 4.01. The summed E-state index contributed by atoms with van der Waals surface area (Å²) in [7, 11) is 0. The van der Waals surface area contributed by atoms with Gasteiger partial charge in [0.1, 0.15) is 11.4 Å². The SMILES string of the molecule is C=C(C)c1nc(CCC)n(Cc2ccc(-c3ccccc3C(=O)OC(C)(C)C)cc2)c1C(=O)OCC. The van der Waals surface area contributed by atoms with Crippen LogP contribution in [-0.4, -0.2) is 33.7 Å². The smallest absolute Gasteiger partial charge is 0.357 e. The maximum Gasteiger partial charge on any atom is 0.357 e. The third-order valence-corrected chi connectivity index (χ3v) is 5.54. The van der Waals surface area contributed by atoms with Gasteiger partial charge in [0.25, 0.3) is 0 Å². The van der Waals surface area contributed by atoms with E-state index in [4.69, 9.17) is 14.5 Å². The molecule has 3 rings (SSSR count). The Hall–Kier alpha value is -3.67. The van der Waals surface area contributed by atoms with Crippen LogP contribution in [0.25, 0.3) is 16.7 Å². The second kappa shape index (κ2) is 11.4. The Kier molecular flexibility index (Phi) is 8.51. The molecule has 0 aliphatic rings. The summed E-state index contributed by atoms with van der Waals surface area (Å²) in [5.41, 5.74) is 4.42. The molecule has 0 saturated heterocycles. The molecule has 0 saturated carbocycles. The summed E-state index contributed by atoms with van der Waals surface area (Å²) in [6.07, 6.45) is 1.64. The van der Waals surface area contributed by atoms with Gasteiger partial charge in [-0.3, -0.25) is 0 Å². The highest BCUT2D eigenvalue weighted by atomic mass is 16.6. The van der Waals surface area contributed by atoms with E-state index in [-0.39, 0.29) is 12.6 Å². The van der Waals surface area contributed by atoms with Crippen molar-refractivity contribution in [2.75, 3.05) is 6.61 Å². The largest absolute Gasteiger partial charge is 0.461 e. The lowest BCUT2D eigenvalue weighted by molar-refractivity contribution is 0.00702. The van der Waals surface area contributed by atoms with Crippen LogP contribution in [0.2, 0.25) is 0 Å². The first-order chi connectivity index (χ1) is 17.1. The van der Waals surface area contributed by atoms with Crippen molar-refractivity contribution in [1.82, 2.24) is 9.55 Å². The highest BCUT2D eigenvalue weighted by Gasteiger charge is 2.25. The van der Waals surface area contributed by atoms with E-state index in [1.807, 2.05) is 74.7 Å². The van der Waals surface area contributed by atoms with E-state index in [9.17, 15) is 9.59 Å². The van der Waals surface area contributed by atoms with Crippen LogP contribution in [0.15, 0.2) is 55.1 Å². The normalized spacial score (nSPS) is 11.3. The number of benzene rings is 2. The number of imidazole rings is 1. The summed E-state index contributed by atoms with van der Waals surface area (Å²) in [4.78, 5) is 30.4. The van der Waals surface area contributed by atoms with Crippen molar-refractivity contribution in [3.63, 3.8) is 0 Å². The van der Waals surface area contributed by atoms with Gasteiger partial charge in [0, 0.05) is 13.0 Å². The van der Waals surface area contributed by atoms with Crippen LogP contribution in [0.1, 0.15) is 85.9 Å². The number of rotatable bonds is 9. The number of nitrogens with zero attached hydrogens (tertiary/aromatic N) is 2. The third-order valence-electron chi connectivity index (χ3n) is 5.54. The molecule has 190 valence electrons. The van der Waals surface area contributed by atoms with Gasteiger partial charge in [-0.05, 0) is 69.4 Å². The molecule has 3 aromatic rings. The van der Waals surface area contributed by atoms with Crippen LogP contribution >= 0.6 is 0 Å². The summed E-state index contributed by atoms with van der Waals surface area (Å²) < 4.78 is 12.9. The molecule has 6 nitrogen and oxygen atoms in total. The summed E-state index contributed by atoms with van der Waals surface area (Å²) >= 11 is 0. The van der Waals surface area contributed by atoms with Gasteiger partial charge in [0.15, 0.2) is 5.69 Å². The molecule has 0 fully saturated rings. The molecule has 0 spiro atoms. The topological polar surface area (TPSA) is 70.4 Å². The van der Waals surface area contributed by atoms with E-state index < -0.39 is 11.6 Å². The van der Waals surface area contributed by atoms with Crippen molar-refractivity contribution < 1.29 is 19.1 Å². The third kappa shape index (κ3) is 6.30. The number of hydrogen-bond donors (Lipinski definition) is 0. The Bertz CT molecular complexity index is 1250. The standard InChI is InChI=1S/C30H36N2O4/c1-8-12-25-31-26(20(3)4)27(29(34)35-9-2)32(25)19-21-15-17-22(18-16-21)23-13-10-11-14-24(23)28(33)36-30(5,6)7/h10-11,13-18H,3,8-9,12,19H2,1-2,4-7H3. The highest BCUT2D eigenvalue weighted by molar-refractivity contribution is 5.97. The average Bonchev–Trinajstić information content (AvgIpc) is 3.17. The van der Waals surface area contributed by atoms with Crippen LogP contribution in [0.4, 0.5) is 0 Å². The number of ether oxygens (including phenoxy) is 2. The Morgan fingerprint density at radius 1 is 1.00 bits per heavy atom. The molecule has 0 amide bonds. The number of allylic oxidation sites excluding steroid dienone is 1. The van der Waals surface area contributed by atoms with Crippen molar-refractivity contribution in [3.05, 3.63) is 83.4 Å². The van der Waals surface area contributed by atoms with Crippen molar-refractivity contribution in [2.45, 2.75) is 66.5 Å². The molecule has 0 unspecified atom stereocenters. The summed E-state index contributed by atoms with van der Waals surface area (Å²) in [6, 6.07) is 15.4. The molecule has 0 atom stereocenters. The molecule has 36 heavy (non-hydrogen) atoms. The molecular formula is C30H36N2O4. The minimum atomic E-state index is -0.575. The maximum atomic E-state index is 12.9. The predicted molar refractivity (Wildman–Crippen MR) is 143 cm³/mol. The van der Waals surface area contributed by atoms with Crippen molar-refractivity contribution in [3.8, 4) is 11.1 Å². The van der Waals surface area contributed by atoms with Gasteiger partial charge in [0.05, 0.1) is 17.9 Å². The van der Waals surface area contributed by atoms with Gasteiger partial charge < -0.3 is 14.0 Å². The van der Waals surface area contributed by atoms with Gasteiger partial charge in [-0.1, -0.05) is 56.0 Å². The van der Waals surface area contributed by atoms with E-state index in [1.54, 1.807) is 13.0 Å². The molecule has 0 aliphatic heterocycles. The van der Waals surface area contributed by atoms with Crippen molar-refractivity contribution >= 4 is 17.5 Å². The quantitative estimate of drug-likeness (QED) is 0.313. The van der Waals surface area contributed by atoms with Crippen molar-refractivity contribution in [1.29, 1.82) is 0 Å². The lowest BCUT2D eigenvalue weighted by atomic mass is 9.98. The number of esters is 2. The molecule has 0 bridgehead atoms. The van der Waals surface area contributed by atoms with Gasteiger partial charge in [-0.2, -0.15) is 0 Å². The van der Waals surface area contributed by atoms with Crippen LogP contribution in [0.5, 0.6) is 0 Å². The lowest BCUT2D eigenvalue weighted by Gasteiger charge is -2.20. The van der Waals surface area contributed by atoms with E-state index in [0.29, 0.717) is 23.5 Å². The Morgan fingerprint density at radius 2 is 1.67 bits per heavy atom. The van der Waals surface area contributed by atoms with E-state index in [1.165, 1.54) is 0 Å². The number of carbonyl (C=O) groups is 2. The number of aromatic nitrogens is 2. The monoisotopic (exact) mass is 488 g/mol. The van der Waals surface area contributed by atoms with Gasteiger partial charge in [-0.25, -0.2) is 14.6 Å². The molecule has 1 aromatic heterocycles. The Morgan fingerprint density at radius 3 is 2.25 bits per heavy atom. The molecule has 2 aromatic carbocycles. The maximum absolute atomic E-state index is 12.9. The molecule has 0 aliphatic carbocycles. The molecular weight excluding hydrogens is 452 g/mol. The van der Waals surface area contributed by atoms with Gasteiger partial charge in [0.2, 0.25) is 0 Å². The highest BCUT2D eigenvalue weighted by Crippen LogP contribution is 2.27. The zero-order valence-corrected chi connectivity index (χ0v) is 22.2. The number of aryl methyl sites for hydroxylation is 1. The summed E-state index contributed by atoms with van der Waals surface area (Å²) in [5, 5.41) is 0. The predicted octanol–water partition coefficient (Wildman–Crippen LogP) is 6.72. The minimum Gasteiger partial charge on any atom is -0.461 e. The second-order valence-electron chi connectivity index (χ2n) is 9.81. The molecule has 6 heteroatoms. The second-order valence-corrected chi connectivity index (χ2v) is 9.81. The first-order valence-electron chi connectivity index (χ1n) is 12.4. The van der Waals surface area contributed by atoms with Crippen LogP contribution in [0.3, 0.4) is 0 Å². The average molecular weight is 489 g/mol.